The highest BCUT2D eigenvalue weighted by molar-refractivity contribution is 6.02. The van der Waals surface area contributed by atoms with E-state index in [-0.39, 0.29) is 17.8 Å². The van der Waals surface area contributed by atoms with Crippen LogP contribution in [0, 0.1) is 25.7 Å². The number of nitrogens with zero attached hydrogens (tertiary/aromatic N) is 1. The van der Waals surface area contributed by atoms with E-state index in [1.165, 1.54) is 27.8 Å². The topological polar surface area (TPSA) is 58.9 Å². The Kier molecular flexibility index (Phi) is 6.29. The summed E-state index contributed by atoms with van der Waals surface area (Å²) in [7, 11) is 0. The molecular weight excluding hydrogens is 410 g/mol. The number of fused-ring (bicyclic) bond motifs is 3. The minimum absolute atomic E-state index is 0.179. The van der Waals surface area contributed by atoms with Crippen molar-refractivity contribution in [3.63, 3.8) is 0 Å². The summed E-state index contributed by atoms with van der Waals surface area (Å²) in [5, 5.41) is 9.42. The lowest BCUT2D eigenvalue weighted by Crippen LogP contribution is -2.06. The number of carbonyl (C=O) groups is 1. The molecule has 2 aromatic rings. The molecular formula is C29H33NO3. The SMILES string of the molecule is CC=C(C)/C(=C\Oc1cc2c(cc1CC)C1C(C2)C1C(=O)O)N=C(C)c1c(C)cccc1C. The molecule has 4 heteroatoms. The summed E-state index contributed by atoms with van der Waals surface area (Å²) >= 11 is 0. The van der Waals surface area contributed by atoms with E-state index in [1.807, 2.05) is 26.8 Å². The van der Waals surface area contributed by atoms with Gasteiger partial charge in [-0.15, -0.1) is 0 Å². The molecule has 0 amide bonds. The van der Waals surface area contributed by atoms with Gasteiger partial charge in [0.1, 0.15) is 17.7 Å². The maximum atomic E-state index is 11.5. The zero-order chi connectivity index (χ0) is 23.9. The second kappa shape index (κ2) is 9.01. The third kappa shape index (κ3) is 4.27. The Bertz CT molecular complexity index is 1180. The average Bonchev–Trinajstić information content (AvgIpc) is 3.38. The Labute approximate surface area is 196 Å². The molecule has 4 rings (SSSR count). The van der Waals surface area contributed by atoms with Gasteiger partial charge in [-0.1, -0.05) is 37.3 Å². The van der Waals surface area contributed by atoms with Crippen molar-refractivity contribution >= 4 is 11.7 Å². The molecule has 3 unspecified atom stereocenters. The number of ether oxygens (including phenoxy) is 1. The summed E-state index contributed by atoms with van der Waals surface area (Å²) in [6.45, 7) is 12.4. The van der Waals surface area contributed by atoms with Gasteiger partial charge in [0.05, 0.1) is 5.92 Å². The van der Waals surface area contributed by atoms with Crippen molar-refractivity contribution in [1.29, 1.82) is 0 Å². The maximum absolute atomic E-state index is 11.5. The highest BCUT2D eigenvalue weighted by atomic mass is 16.5. The smallest absolute Gasteiger partial charge is 0.307 e. The Hall–Kier alpha value is -3.14. The first-order valence-electron chi connectivity index (χ1n) is 11.8. The lowest BCUT2D eigenvalue weighted by Gasteiger charge is -2.14. The van der Waals surface area contributed by atoms with Crippen LogP contribution < -0.4 is 4.74 Å². The average molecular weight is 444 g/mol. The number of aliphatic carboxylic acids is 1. The molecule has 2 aromatic carbocycles. The van der Waals surface area contributed by atoms with Crippen molar-refractivity contribution in [2.45, 2.75) is 60.3 Å². The molecule has 2 aliphatic carbocycles. The molecule has 0 spiro atoms. The van der Waals surface area contributed by atoms with Crippen LogP contribution in [0.5, 0.6) is 5.75 Å². The summed E-state index contributed by atoms with van der Waals surface area (Å²) in [6.07, 6.45) is 5.45. The maximum Gasteiger partial charge on any atom is 0.307 e. The van der Waals surface area contributed by atoms with Gasteiger partial charge in [0.2, 0.25) is 0 Å². The zero-order valence-corrected chi connectivity index (χ0v) is 20.4. The van der Waals surface area contributed by atoms with E-state index < -0.39 is 5.97 Å². The lowest BCUT2D eigenvalue weighted by atomic mass is 9.98. The van der Waals surface area contributed by atoms with Crippen molar-refractivity contribution in [3.05, 3.63) is 87.3 Å². The fraction of sp³-hybridized carbons (Fsp3) is 0.379. The van der Waals surface area contributed by atoms with Gasteiger partial charge in [-0.25, -0.2) is 4.99 Å². The van der Waals surface area contributed by atoms with Crippen LogP contribution in [0.1, 0.15) is 67.0 Å². The van der Waals surface area contributed by atoms with Gasteiger partial charge < -0.3 is 9.84 Å². The largest absolute Gasteiger partial charge is 0.481 e. The Morgan fingerprint density at radius 3 is 2.52 bits per heavy atom. The van der Waals surface area contributed by atoms with Gasteiger partial charge in [0, 0.05) is 17.2 Å². The van der Waals surface area contributed by atoms with Gasteiger partial charge in [-0.2, -0.15) is 0 Å². The normalized spacial score (nSPS) is 22.1. The standard InChI is InChI=1S/C29H33NO3/c1-7-16(3)24(30-19(6)26-17(4)10-9-11-18(26)5)15-33-25-14-21-13-23-27(28(23)29(31)32)22(21)12-20(25)8-2/h7,9-12,14-15,23,27-28H,8,13H2,1-6H3,(H,31,32)/b16-7?,24-15+,30-19?. The van der Waals surface area contributed by atoms with Crippen molar-refractivity contribution < 1.29 is 14.6 Å². The summed E-state index contributed by atoms with van der Waals surface area (Å²) < 4.78 is 6.23. The van der Waals surface area contributed by atoms with Crippen LogP contribution >= 0.6 is 0 Å². The molecule has 2 aliphatic rings. The van der Waals surface area contributed by atoms with Crippen molar-refractivity contribution in [3.8, 4) is 5.75 Å². The van der Waals surface area contributed by atoms with Crippen molar-refractivity contribution in [2.24, 2.45) is 16.8 Å². The van der Waals surface area contributed by atoms with Gasteiger partial charge in [0.15, 0.2) is 0 Å². The highest BCUT2D eigenvalue weighted by Gasteiger charge is 2.59. The molecule has 0 heterocycles. The summed E-state index contributed by atoms with van der Waals surface area (Å²) in [6, 6.07) is 10.6. The second-order valence-electron chi connectivity index (χ2n) is 9.33. The number of aliphatic imine (C=N–C) groups is 1. The molecule has 1 saturated carbocycles. The quantitative estimate of drug-likeness (QED) is 0.301. The molecule has 0 bridgehead atoms. The fourth-order valence-corrected chi connectivity index (χ4v) is 5.30. The number of hydrogen-bond acceptors (Lipinski definition) is 3. The van der Waals surface area contributed by atoms with E-state index >= 15 is 0 Å². The third-order valence-electron chi connectivity index (χ3n) is 7.24. The number of aryl methyl sites for hydroxylation is 3. The number of allylic oxidation sites excluding steroid dienone is 2. The minimum Gasteiger partial charge on any atom is -0.481 e. The Morgan fingerprint density at radius 2 is 1.91 bits per heavy atom. The number of hydrogen-bond donors (Lipinski definition) is 1. The van der Waals surface area contributed by atoms with Crippen LogP contribution in [0.4, 0.5) is 0 Å². The van der Waals surface area contributed by atoms with Crippen molar-refractivity contribution in [1.82, 2.24) is 0 Å². The predicted octanol–water partition coefficient (Wildman–Crippen LogP) is 6.53. The molecule has 33 heavy (non-hydrogen) atoms. The van der Waals surface area contributed by atoms with Gasteiger partial charge in [0.25, 0.3) is 0 Å². The molecule has 1 fully saturated rings. The molecule has 4 nitrogen and oxygen atoms in total. The third-order valence-corrected chi connectivity index (χ3v) is 7.24. The van der Waals surface area contributed by atoms with E-state index in [1.54, 1.807) is 6.26 Å². The van der Waals surface area contributed by atoms with E-state index in [0.717, 1.165) is 41.1 Å². The van der Waals surface area contributed by atoms with Crippen LogP contribution in [-0.4, -0.2) is 16.8 Å². The van der Waals surface area contributed by atoms with Crippen molar-refractivity contribution in [2.75, 3.05) is 0 Å². The number of benzene rings is 2. The predicted molar refractivity (Wildman–Crippen MR) is 133 cm³/mol. The molecule has 172 valence electrons. The Morgan fingerprint density at radius 1 is 1.21 bits per heavy atom. The fourth-order valence-electron chi connectivity index (χ4n) is 5.30. The molecule has 3 atom stereocenters. The first-order valence-corrected chi connectivity index (χ1v) is 11.8. The van der Waals surface area contributed by atoms with E-state index in [0.29, 0.717) is 0 Å². The zero-order valence-electron chi connectivity index (χ0n) is 20.4. The molecule has 1 N–H and O–H groups in total. The summed E-state index contributed by atoms with van der Waals surface area (Å²) in [5.41, 5.74) is 9.93. The highest BCUT2D eigenvalue weighted by Crippen LogP contribution is 2.62. The van der Waals surface area contributed by atoms with Crippen LogP contribution in [-0.2, 0) is 17.6 Å². The Balaban J connectivity index is 1.65. The van der Waals surface area contributed by atoms with Crippen LogP contribution in [0.2, 0.25) is 0 Å². The molecule has 0 aliphatic heterocycles. The van der Waals surface area contributed by atoms with Gasteiger partial charge in [-0.05, 0) is 92.8 Å². The van der Waals surface area contributed by atoms with E-state index in [9.17, 15) is 9.90 Å². The van der Waals surface area contributed by atoms with E-state index in [2.05, 4.69) is 51.1 Å². The monoisotopic (exact) mass is 443 g/mol. The summed E-state index contributed by atoms with van der Waals surface area (Å²) in [4.78, 5) is 16.4. The van der Waals surface area contributed by atoms with Crippen LogP contribution in [0.15, 0.2) is 58.9 Å². The lowest BCUT2D eigenvalue weighted by molar-refractivity contribution is -0.139. The van der Waals surface area contributed by atoms with E-state index in [4.69, 9.17) is 9.73 Å². The number of carboxylic acids is 1. The minimum atomic E-state index is -0.666. The molecule has 0 radical (unpaired) electrons. The van der Waals surface area contributed by atoms with Gasteiger partial charge in [-0.3, -0.25) is 4.79 Å². The summed E-state index contributed by atoms with van der Waals surface area (Å²) in [5.74, 6) is 0.391. The first kappa shape index (κ1) is 23.0. The number of carboxylic acid groups (broad SMARTS) is 1. The van der Waals surface area contributed by atoms with Gasteiger partial charge >= 0.3 is 5.97 Å². The number of rotatable bonds is 7. The molecule has 0 aromatic heterocycles. The second-order valence-corrected chi connectivity index (χ2v) is 9.33. The first-order chi connectivity index (χ1) is 15.8. The molecule has 0 saturated heterocycles. The van der Waals surface area contributed by atoms with Crippen LogP contribution in [0.25, 0.3) is 0 Å². The van der Waals surface area contributed by atoms with Crippen LogP contribution in [0.3, 0.4) is 0 Å².